The Morgan fingerprint density at radius 2 is 1.88 bits per heavy atom. The first kappa shape index (κ1) is 14.0. The highest BCUT2D eigenvalue weighted by Gasteiger charge is 2.21. The lowest BCUT2D eigenvalue weighted by Gasteiger charge is -2.29. The molecule has 1 aliphatic rings. The summed E-state index contributed by atoms with van der Waals surface area (Å²) in [5, 5.41) is 10.1. The van der Waals surface area contributed by atoms with Crippen LogP contribution in [0.25, 0.3) is 0 Å². The van der Waals surface area contributed by atoms with Crippen molar-refractivity contribution in [3.05, 3.63) is 0 Å². The summed E-state index contributed by atoms with van der Waals surface area (Å²) in [6.45, 7) is 8.58. The monoisotopic (exact) mass is 227 g/mol. The van der Waals surface area contributed by atoms with Crippen molar-refractivity contribution in [2.45, 2.75) is 71.4 Å². The molecule has 0 saturated heterocycles. The first-order chi connectivity index (χ1) is 7.67. The predicted octanol–water partition coefficient (Wildman–Crippen LogP) is 3.05. The predicted molar refractivity (Wildman–Crippen MR) is 69.6 cm³/mol. The van der Waals surface area contributed by atoms with Gasteiger partial charge in [0.2, 0.25) is 0 Å². The second-order valence-corrected chi connectivity index (χ2v) is 5.38. The zero-order chi connectivity index (χ0) is 12.0. The summed E-state index contributed by atoms with van der Waals surface area (Å²) in [6, 6.07) is 0.600. The number of aliphatic hydroxyl groups is 1. The van der Waals surface area contributed by atoms with Gasteiger partial charge in [-0.2, -0.15) is 0 Å². The molecule has 0 aromatic carbocycles. The van der Waals surface area contributed by atoms with E-state index in [9.17, 15) is 5.11 Å². The van der Waals surface area contributed by atoms with Gasteiger partial charge in [0.25, 0.3) is 0 Å². The maximum atomic E-state index is 10.1. The van der Waals surface area contributed by atoms with E-state index in [2.05, 4.69) is 25.7 Å². The van der Waals surface area contributed by atoms with Crippen LogP contribution >= 0.6 is 0 Å². The van der Waals surface area contributed by atoms with E-state index in [4.69, 9.17) is 0 Å². The van der Waals surface area contributed by atoms with Gasteiger partial charge in [-0.25, -0.2) is 0 Å². The van der Waals surface area contributed by atoms with Crippen molar-refractivity contribution >= 4 is 0 Å². The molecule has 0 spiro atoms. The van der Waals surface area contributed by atoms with Gasteiger partial charge in [0.1, 0.15) is 0 Å². The van der Waals surface area contributed by atoms with Gasteiger partial charge in [-0.3, -0.25) is 4.90 Å². The minimum absolute atomic E-state index is 0.114. The number of hydrogen-bond acceptors (Lipinski definition) is 2. The lowest BCUT2D eigenvalue weighted by Crippen LogP contribution is -2.39. The maximum absolute atomic E-state index is 10.1. The van der Waals surface area contributed by atoms with E-state index in [1.54, 1.807) is 0 Å². The van der Waals surface area contributed by atoms with Crippen LogP contribution in [-0.2, 0) is 0 Å². The van der Waals surface area contributed by atoms with Crippen molar-refractivity contribution in [1.82, 2.24) is 4.90 Å². The van der Waals surface area contributed by atoms with Crippen molar-refractivity contribution in [3.63, 3.8) is 0 Å². The Bertz CT molecular complexity index is 178. The normalized spacial score (nSPS) is 21.6. The van der Waals surface area contributed by atoms with E-state index < -0.39 is 0 Å². The van der Waals surface area contributed by atoms with Crippen LogP contribution in [0, 0.1) is 5.92 Å². The highest BCUT2D eigenvalue weighted by molar-refractivity contribution is 4.75. The van der Waals surface area contributed by atoms with Crippen molar-refractivity contribution in [1.29, 1.82) is 0 Å². The molecule has 1 fully saturated rings. The molecule has 0 radical (unpaired) electrons. The molecule has 0 amide bonds. The van der Waals surface area contributed by atoms with Gasteiger partial charge in [-0.1, -0.05) is 39.5 Å². The SMILES string of the molecule is CCC(C)N(CC)CC(O)CC1CCCC1. The molecular weight excluding hydrogens is 198 g/mol. The van der Waals surface area contributed by atoms with Crippen LogP contribution < -0.4 is 0 Å². The summed E-state index contributed by atoms with van der Waals surface area (Å²) >= 11 is 0. The highest BCUT2D eigenvalue weighted by atomic mass is 16.3. The van der Waals surface area contributed by atoms with Crippen molar-refractivity contribution < 1.29 is 5.11 Å². The van der Waals surface area contributed by atoms with Gasteiger partial charge in [-0.15, -0.1) is 0 Å². The molecule has 2 unspecified atom stereocenters. The Morgan fingerprint density at radius 1 is 1.25 bits per heavy atom. The molecule has 96 valence electrons. The van der Waals surface area contributed by atoms with Gasteiger partial charge in [0, 0.05) is 12.6 Å². The molecule has 0 aromatic heterocycles. The van der Waals surface area contributed by atoms with Crippen LogP contribution in [0.4, 0.5) is 0 Å². The summed E-state index contributed by atoms with van der Waals surface area (Å²) < 4.78 is 0. The second kappa shape index (κ2) is 7.29. The molecule has 1 aliphatic carbocycles. The van der Waals surface area contributed by atoms with Crippen LogP contribution in [0.1, 0.15) is 59.3 Å². The summed E-state index contributed by atoms with van der Waals surface area (Å²) in [4.78, 5) is 2.40. The number of likely N-dealkylation sites (N-methyl/N-ethyl adjacent to an activating group) is 1. The molecule has 0 aliphatic heterocycles. The molecule has 0 bridgehead atoms. The minimum Gasteiger partial charge on any atom is -0.392 e. The average Bonchev–Trinajstić information content (AvgIpc) is 2.77. The third kappa shape index (κ3) is 4.42. The average molecular weight is 227 g/mol. The zero-order valence-electron chi connectivity index (χ0n) is 11.3. The smallest absolute Gasteiger partial charge is 0.0669 e. The van der Waals surface area contributed by atoms with Gasteiger partial charge in [-0.05, 0) is 32.2 Å². The topological polar surface area (TPSA) is 23.5 Å². The van der Waals surface area contributed by atoms with Gasteiger partial charge >= 0.3 is 0 Å². The molecular formula is C14H29NO. The largest absolute Gasteiger partial charge is 0.392 e. The lowest BCUT2D eigenvalue weighted by atomic mass is 9.99. The number of hydrogen-bond donors (Lipinski definition) is 1. The van der Waals surface area contributed by atoms with Gasteiger partial charge in [0.15, 0.2) is 0 Å². The number of nitrogens with zero attached hydrogens (tertiary/aromatic N) is 1. The van der Waals surface area contributed by atoms with E-state index in [1.165, 1.54) is 32.1 Å². The van der Waals surface area contributed by atoms with E-state index in [-0.39, 0.29) is 6.10 Å². The fourth-order valence-corrected chi connectivity index (χ4v) is 2.85. The van der Waals surface area contributed by atoms with Crippen LogP contribution in [-0.4, -0.2) is 35.2 Å². The van der Waals surface area contributed by atoms with Crippen molar-refractivity contribution in [3.8, 4) is 0 Å². The lowest BCUT2D eigenvalue weighted by molar-refractivity contribution is 0.0756. The van der Waals surface area contributed by atoms with E-state index in [1.807, 2.05) is 0 Å². The third-order valence-corrected chi connectivity index (χ3v) is 4.15. The maximum Gasteiger partial charge on any atom is 0.0669 e. The fourth-order valence-electron chi connectivity index (χ4n) is 2.85. The Hall–Kier alpha value is -0.0800. The molecule has 2 nitrogen and oxygen atoms in total. The Kier molecular flexibility index (Phi) is 6.37. The fraction of sp³-hybridized carbons (Fsp3) is 1.00. The van der Waals surface area contributed by atoms with Gasteiger partial charge in [0.05, 0.1) is 6.10 Å². The second-order valence-electron chi connectivity index (χ2n) is 5.38. The summed E-state index contributed by atoms with van der Waals surface area (Å²) in [6.07, 6.45) is 7.51. The van der Waals surface area contributed by atoms with Crippen LogP contribution in [0.3, 0.4) is 0 Å². The first-order valence-electron chi connectivity index (χ1n) is 7.09. The van der Waals surface area contributed by atoms with Crippen LogP contribution in [0.5, 0.6) is 0 Å². The zero-order valence-corrected chi connectivity index (χ0v) is 11.3. The molecule has 16 heavy (non-hydrogen) atoms. The highest BCUT2D eigenvalue weighted by Crippen LogP contribution is 2.28. The van der Waals surface area contributed by atoms with E-state index in [0.29, 0.717) is 6.04 Å². The van der Waals surface area contributed by atoms with Crippen molar-refractivity contribution in [2.24, 2.45) is 5.92 Å². The summed E-state index contributed by atoms with van der Waals surface area (Å²) in [5.74, 6) is 0.797. The number of rotatable bonds is 7. The quantitative estimate of drug-likeness (QED) is 0.722. The molecule has 1 rings (SSSR count). The standard InChI is InChI=1S/C14H29NO/c1-4-12(3)15(5-2)11-14(16)10-13-8-6-7-9-13/h12-14,16H,4-11H2,1-3H3. The first-order valence-corrected chi connectivity index (χ1v) is 7.09. The van der Waals surface area contributed by atoms with Crippen molar-refractivity contribution in [2.75, 3.05) is 13.1 Å². The Balaban J connectivity index is 2.27. The van der Waals surface area contributed by atoms with E-state index in [0.717, 1.165) is 25.4 Å². The molecule has 2 heteroatoms. The van der Waals surface area contributed by atoms with E-state index >= 15 is 0 Å². The molecule has 1 N–H and O–H groups in total. The third-order valence-electron chi connectivity index (χ3n) is 4.15. The summed E-state index contributed by atoms with van der Waals surface area (Å²) in [7, 11) is 0. The van der Waals surface area contributed by atoms with Gasteiger partial charge < -0.3 is 5.11 Å². The molecule has 2 atom stereocenters. The van der Waals surface area contributed by atoms with Crippen LogP contribution in [0.15, 0.2) is 0 Å². The van der Waals surface area contributed by atoms with Crippen LogP contribution in [0.2, 0.25) is 0 Å². The molecule has 0 aromatic rings. The molecule has 1 saturated carbocycles. The number of aliphatic hydroxyl groups excluding tert-OH is 1. The summed E-state index contributed by atoms with van der Waals surface area (Å²) in [5.41, 5.74) is 0. The minimum atomic E-state index is -0.114. The molecule has 0 heterocycles. The Morgan fingerprint density at radius 3 is 2.38 bits per heavy atom. The Labute approximate surface area is 101 Å².